The minimum Gasteiger partial charge on any atom is -0.490 e. The largest absolute Gasteiger partial charge is 0.490 e. The van der Waals surface area contributed by atoms with Gasteiger partial charge in [-0.3, -0.25) is 19.9 Å². The third kappa shape index (κ3) is 10.8. The molecular weight excluding hydrogens is 540 g/mol. The molecule has 3 aromatic carbocycles. The molecular formula is C35H42N4O4. The minimum atomic E-state index is -1.13. The summed E-state index contributed by atoms with van der Waals surface area (Å²) in [6.45, 7) is 0.941. The van der Waals surface area contributed by atoms with Crippen molar-refractivity contribution in [3.05, 3.63) is 108 Å². The minimum absolute atomic E-state index is 0.00403. The Bertz CT molecular complexity index is 1330. The Labute approximate surface area is 253 Å². The van der Waals surface area contributed by atoms with Crippen LogP contribution in [0.3, 0.4) is 0 Å². The third-order valence-corrected chi connectivity index (χ3v) is 7.19. The number of rotatable bonds is 18. The quantitative estimate of drug-likeness (QED) is 0.103. The number of aryl methyl sites for hydroxylation is 2. The Kier molecular flexibility index (Phi) is 13.0. The van der Waals surface area contributed by atoms with Crippen LogP contribution >= 0.6 is 0 Å². The molecule has 43 heavy (non-hydrogen) atoms. The summed E-state index contributed by atoms with van der Waals surface area (Å²) in [7, 11) is 0. The van der Waals surface area contributed by atoms with Crippen LogP contribution in [0.1, 0.15) is 36.8 Å². The number of fused-ring (bicyclic) bond motifs is 1. The van der Waals surface area contributed by atoms with Crippen LogP contribution in [0, 0.1) is 0 Å². The van der Waals surface area contributed by atoms with Gasteiger partial charge in [-0.1, -0.05) is 66.7 Å². The van der Waals surface area contributed by atoms with E-state index in [0.29, 0.717) is 18.8 Å². The topological polar surface area (TPSA) is 113 Å². The molecule has 0 bridgehead atoms. The van der Waals surface area contributed by atoms with E-state index in [2.05, 4.69) is 45.2 Å². The normalized spacial score (nSPS) is 11.8. The Hall–Kier alpha value is -4.27. The lowest BCUT2D eigenvalue weighted by Gasteiger charge is -2.20. The maximum Gasteiger partial charge on any atom is 0.246 e. The van der Waals surface area contributed by atoms with Gasteiger partial charge >= 0.3 is 0 Å². The molecule has 8 nitrogen and oxygen atoms in total. The first-order valence-electron chi connectivity index (χ1n) is 15.1. The Morgan fingerprint density at radius 2 is 1.33 bits per heavy atom. The number of unbranched alkanes of at least 4 members (excludes halogenated alkanes) is 2. The lowest BCUT2D eigenvalue weighted by Crippen LogP contribution is -2.55. The summed E-state index contributed by atoms with van der Waals surface area (Å²) in [5, 5.41) is 20.2. The number of ether oxygens (including phenoxy) is 1. The van der Waals surface area contributed by atoms with E-state index >= 15 is 0 Å². The standard InChI is InChI=1S/C35H42N4O4/c40-29(26-43-32-21-11-20-31-30(32)19-12-24-36-31)25-39-33(34(41)37-22-9-7-17-27-13-3-1-4-14-27)35(42)38-23-10-8-18-28-15-5-2-6-16-28/h1-6,11-16,19-21,24,29,33,39-40H,7-10,17-18,22-23,25-26H2,(H,37,41)(H,38,42)/t29-/m1/s1. The summed E-state index contributed by atoms with van der Waals surface area (Å²) in [6, 6.07) is 28.6. The van der Waals surface area contributed by atoms with Crippen LogP contribution in [0.15, 0.2) is 97.2 Å². The van der Waals surface area contributed by atoms with E-state index in [-0.39, 0.29) is 13.2 Å². The summed E-state index contributed by atoms with van der Waals surface area (Å²) >= 11 is 0. The highest BCUT2D eigenvalue weighted by molar-refractivity contribution is 6.04. The fourth-order valence-electron chi connectivity index (χ4n) is 4.83. The summed E-state index contributed by atoms with van der Waals surface area (Å²) in [5.41, 5.74) is 3.32. The molecule has 0 unspecified atom stereocenters. The highest BCUT2D eigenvalue weighted by atomic mass is 16.5. The van der Waals surface area contributed by atoms with Crippen molar-refractivity contribution in [2.75, 3.05) is 26.2 Å². The van der Waals surface area contributed by atoms with Gasteiger partial charge in [0.15, 0.2) is 6.04 Å². The van der Waals surface area contributed by atoms with Gasteiger partial charge in [-0.2, -0.15) is 0 Å². The van der Waals surface area contributed by atoms with Gasteiger partial charge in [-0.05, 0) is 73.9 Å². The smallest absolute Gasteiger partial charge is 0.246 e. The first kappa shape index (κ1) is 31.7. The number of hydrogen-bond donors (Lipinski definition) is 4. The molecule has 4 aromatic rings. The molecule has 0 saturated heterocycles. The second kappa shape index (κ2) is 17.6. The van der Waals surface area contributed by atoms with E-state index in [1.54, 1.807) is 6.20 Å². The maximum atomic E-state index is 13.1. The molecule has 2 amide bonds. The molecule has 0 spiro atoms. The first-order valence-corrected chi connectivity index (χ1v) is 15.1. The number of nitrogens with zero attached hydrogens (tertiary/aromatic N) is 1. The molecule has 1 atom stereocenters. The zero-order chi connectivity index (χ0) is 30.1. The fraction of sp³-hybridized carbons (Fsp3) is 0.343. The lowest BCUT2D eigenvalue weighted by atomic mass is 10.1. The SMILES string of the molecule is O=C(NCCCCc1ccccc1)C(NC[C@@H](O)COc1cccc2ncccc12)C(=O)NCCCCc1ccccc1. The van der Waals surface area contributed by atoms with Crippen molar-refractivity contribution >= 4 is 22.7 Å². The van der Waals surface area contributed by atoms with Gasteiger partial charge in [0.25, 0.3) is 0 Å². The molecule has 8 heteroatoms. The van der Waals surface area contributed by atoms with Gasteiger partial charge < -0.3 is 20.5 Å². The number of aliphatic hydroxyl groups excluding tert-OH is 1. The fourth-order valence-corrected chi connectivity index (χ4v) is 4.83. The zero-order valence-electron chi connectivity index (χ0n) is 24.6. The summed E-state index contributed by atoms with van der Waals surface area (Å²) in [6.07, 6.45) is 6.09. The number of benzene rings is 3. The monoisotopic (exact) mass is 582 g/mol. The second-order valence-corrected chi connectivity index (χ2v) is 10.6. The van der Waals surface area contributed by atoms with Crippen LogP contribution in [0.5, 0.6) is 5.75 Å². The molecule has 1 heterocycles. The van der Waals surface area contributed by atoms with Crippen molar-refractivity contribution in [2.45, 2.75) is 50.7 Å². The van der Waals surface area contributed by atoms with Gasteiger partial charge in [0.1, 0.15) is 18.5 Å². The maximum absolute atomic E-state index is 13.1. The number of nitrogens with one attached hydrogen (secondary N) is 3. The van der Waals surface area contributed by atoms with Gasteiger partial charge in [0.05, 0.1) is 5.52 Å². The molecule has 0 fully saturated rings. The van der Waals surface area contributed by atoms with Crippen molar-refractivity contribution in [1.29, 1.82) is 0 Å². The van der Waals surface area contributed by atoms with Crippen LogP contribution in [0.25, 0.3) is 10.9 Å². The van der Waals surface area contributed by atoms with Crippen molar-refractivity contribution in [2.24, 2.45) is 0 Å². The van der Waals surface area contributed by atoms with E-state index in [0.717, 1.165) is 49.4 Å². The molecule has 0 aliphatic heterocycles. The van der Waals surface area contributed by atoms with E-state index in [4.69, 9.17) is 4.74 Å². The Morgan fingerprint density at radius 1 is 0.721 bits per heavy atom. The molecule has 0 aliphatic rings. The van der Waals surface area contributed by atoms with E-state index in [9.17, 15) is 14.7 Å². The van der Waals surface area contributed by atoms with Crippen molar-refractivity contribution in [3.8, 4) is 5.75 Å². The van der Waals surface area contributed by atoms with Crippen LogP contribution in [0.4, 0.5) is 0 Å². The van der Waals surface area contributed by atoms with Gasteiger partial charge in [-0.25, -0.2) is 0 Å². The highest BCUT2D eigenvalue weighted by Crippen LogP contribution is 2.23. The molecule has 0 aliphatic carbocycles. The van der Waals surface area contributed by atoms with E-state index in [1.165, 1.54) is 11.1 Å². The molecule has 1 aromatic heterocycles. The van der Waals surface area contributed by atoms with E-state index < -0.39 is 24.0 Å². The van der Waals surface area contributed by atoms with Crippen molar-refractivity contribution < 1.29 is 19.4 Å². The molecule has 226 valence electrons. The van der Waals surface area contributed by atoms with Gasteiger partial charge in [-0.15, -0.1) is 0 Å². The van der Waals surface area contributed by atoms with Crippen LogP contribution in [0.2, 0.25) is 0 Å². The van der Waals surface area contributed by atoms with Crippen LogP contribution in [-0.2, 0) is 22.4 Å². The highest BCUT2D eigenvalue weighted by Gasteiger charge is 2.26. The average molecular weight is 583 g/mol. The Balaban J connectivity index is 1.24. The number of pyridine rings is 1. The summed E-state index contributed by atoms with van der Waals surface area (Å²) in [5.74, 6) is -0.202. The number of aliphatic hydroxyl groups is 1. The predicted molar refractivity (Wildman–Crippen MR) is 170 cm³/mol. The van der Waals surface area contributed by atoms with Gasteiger partial charge in [0, 0.05) is 31.2 Å². The first-order chi connectivity index (χ1) is 21.1. The van der Waals surface area contributed by atoms with Crippen molar-refractivity contribution in [3.63, 3.8) is 0 Å². The van der Waals surface area contributed by atoms with Gasteiger partial charge in [0.2, 0.25) is 11.8 Å². The number of amides is 2. The molecule has 4 N–H and O–H groups in total. The number of carbonyl (C=O) groups excluding carboxylic acids is 2. The molecule has 4 rings (SSSR count). The Morgan fingerprint density at radius 3 is 1.93 bits per heavy atom. The van der Waals surface area contributed by atoms with Crippen LogP contribution in [-0.4, -0.2) is 60.3 Å². The lowest BCUT2D eigenvalue weighted by molar-refractivity contribution is -0.132. The summed E-state index contributed by atoms with van der Waals surface area (Å²) < 4.78 is 5.86. The number of carbonyl (C=O) groups is 2. The second-order valence-electron chi connectivity index (χ2n) is 10.6. The van der Waals surface area contributed by atoms with E-state index in [1.807, 2.05) is 66.7 Å². The number of aromatic nitrogens is 1. The average Bonchev–Trinajstić information content (AvgIpc) is 3.04. The van der Waals surface area contributed by atoms with Crippen molar-refractivity contribution in [1.82, 2.24) is 20.9 Å². The third-order valence-electron chi connectivity index (χ3n) is 7.19. The van der Waals surface area contributed by atoms with Crippen LogP contribution < -0.4 is 20.7 Å². The zero-order valence-corrected chi connectivity index (χ0v) is 24.6. The molecule has 0 radical (unpaired) electrons. The predicted octanol–water partition coefficient (Wildman–Crippen LogP) is 4.21. The molecule has 0 saturated carbocycles. The summed E-state index contributed by atoms with van der Waals surface area (Å²) in [4.78, 5) is 30.5. The number of hydrogen-bond acceptors (Lipinski definition) is 6.